The number of hydrogen-bond donors (Lipinski definition) is 6. The predicted molar refractivity (Wildman–Crippen MR) is 122 cm³/mol. The Hall–Kier alpha value is -3.50. The molecule has 1 aliphatic rings. The summed E-state index contributed by atoms with van der Waals surface area (Å²) in [7, 11) is 0. The highest BCUT2D eigenvalue weighted by Crippen LogP contribution is 2.34. The SMILES string of the molecule is Cc1[nH]c(/C=C2\C(=O)Nc3ccc(F)cc32)c(C)c1C(=O)NCCNCCCCC(=O)NO. The van der Waals surface area contributed by atoms with Crippen molar-refractivity contribution >= 4 is 35.1 Å². The number of unbranched alkanes of at least 4 members (excludes halogenated alkanes) is 1. The Bertz CT molecular complexity index is 1090. The van der Waals surface area contributed by atoms with Crippen LogP contribution in [0.25, 0.3) is 11.6 Å². The summed E-state index contributed by atoms with van der Waals surface area (Å²) in [6.07, 6.45) is 3.33. The van der Waals surface area contributed by atoms with Crippen LogP contribution in [0.5, 0.6) is 0 Å². The lowest BCUT2D eigenvalue weighted by Gasteiger charge is -2.07. The zero-order valence-electron chi connectivity index (χ0n) is 18.6. The second-order valence-corrected chi connectivity index (χ2v) is 7.86. The Morgan fingerprint density at radius 3 is 2.70 bits per heavy atom. The van der Waals surface area contributed by atoms with Gasteiger partial charge in [-0.1, -0.05) is 0 Å². The molecule has 9 nitrogen and oxygen atoms in total. The van der Waals surface area contributed by atoms with Crippen molar-refractivity contribution in [2.45, 2.75) is 33.1 Å². The first-order valence-electron chi connectivity index (χ1n) is 10.8. The zero-order valence-corrected chi connectivity index (χ0v) is 18.6. The van der Waals surface area contributed by atoms with Crippen LogP contribution < -0.4 is 21.4 Å². The molecule has 0 aliphatic carbocycles. The average Bonchev–Trinajstić information content (AvgIpc) is 3.24. The maximum atomic E-state index is 13.7. The Kier molecular flexibility index (Phi) is 7.96. The second-order valence-electron chi connectivity index (χ2n) is 7.86. The van der Waals surface area contributed by atoms with E-state index in [1.165, 1.54) is 18.2 Å². The van der Waals surface area contributed by atoms with E-state index in [1.54, 1.807) is 25.4 Å². The molecular formula is C23H28FN5O4. The maximum absolute atomic E-state index is 13.7. The van der Waals surface area contributed by atoms with Crippen LogP contribution in [0.2, 0.25) is 0 Å². The lowest BCUT2D eigenvalue weighted by molar-refractivity contribution is -0.129. The van der Waals surface area contributed by atoms with Crippen LogP contribution in [0.15, 0.2) is 18.2 Å². The van der Waals surface area contributed by atoms with Crippen molar-refractivity contribution in [2.24, 2.45) is 0 Å². The Labute approximate surface area is 190 Å². The number of H-pyrrole nitrogens is 1. The molecule has 1 aromatic heterocycles. The van der Waals surface area contributed by atoms with Crippen LogP contribution in [0.1, 0.15) is 52.1 Å². The molecular weight excluding hydrogens is 429 g/mol. The van der Waals surface area contributed by atoms with Gasteiger partial charge in [-0.25, -0.2) is 9.87 Å². The molecule has 1 aromatic carbocycles. The van der Waals surface area contributed by atoms with Gasteiger partial charge in [0.25, 0.3) is 11.8 Å². The molecule has 0 fully saturated rings. The maximum Gasteiger partial charge on any atom is 0.256 e. The topological polar surface area (TPSA) is 135 Å². The van der Waals surface area contributed by atoms with E-state index in [1.807, 2.05) is 0 Å². The zero-order chi connectivity index (χ0) is 24.0. The van der Waals surface area contributed by atoms with Crippen molar-refractivity contribution in [3.63, 3.8) is 0 Å². The first-order chi connectivity index (χ1) is 15.8. The van der Waals surface area contributed by atoms with Gasteiger partial charge >= 0.3 is 0 Å². The smallest absolute Gasteiger partial charge is 0.256 e. The highest BCUT2D eigenvalue weighted by atomic mass is 19.1. The van der Waals surface area contributed by atoms with Gasteiger partial charge in [0.1, 0.15) is 5.82 Å². The fourth-order valence-corrected chi connectivity index (χ4v) is 3.78. The molecule has 176 valence electrons. The number of carbonyl (C=O) groups is 3. The van der Waals surface area contributed by atoms with Crippen molar-refractivity contribution in [3.8, 4) is 0 Å². The fraction of sp³-hybridized carbons (Fsp3) is 0.348. The number of nitrogens with one attached hydrogen (secondary N) is 5. The van der Waals surface area contributed by atoms with Crippen LogP contribution in [-0.4, -0.2) is 47.5 Å². The first-order valence-corrected chi connectivity index (χ1v) is 10.8. The Morgan fingerprint density at radius 2 is 1.94 bits per heavy atom. The number of aromatic nitrogens is 1. The van der Waals surface area contributed by atoms with Gasteiger partial charge in [-0.15, -0.1) is 0 Å². The molecule has 2 heterocycles. The number of fused-ring (bicyclic) bond motifs is 1. The van der Waals surface area contributed by atoms with E-state index in [2.05, 4.69) is 20.9 Å². The van der Waals surface area contributed by atoms with Crippen LogP contribution in [0, 0.1) is 19.7 Å². The highest BCUT2D eigenvalue weighted by Gasteiger charge is 2.26. The summed E-state index contributed by atoms with van der Waals surface area (Å²) in [4.78, 5) is 39.2. The van der Waals surface area contributed by atoms with E-state index in [0.29, 0.717) is 65.4 Å². The minimum absolute atomic E-state index is 0.227. The average molecular weight is 458 g/mol. The molecule has 1 aliphatic heterocycles. The molecule has 10 heteroatoms. The van der Waals surface area contributed by atoms with E-state index in [0.717, 1.165) is 6.42 Å². The van der Waals surface area contributed by atoms with Gasteiger partial charge in [-0.05, 0) is 63.1 Å². The van der Waals surface area contributed by atoms with Crippen molar-refractivity contribution < 1.29 is 24.0 Å². The summed E-state index contributed by atoms with van der Waals surface area (Å²) in [5.41, 5.74) is 5.46. The largest absolute Gasteiger partial charge is 0.358 e. The molecule has 0 spiro atoms. The van der Waals surface area contributed by atoms with E-state index >= 15 is 0 Å². The number of anilines is 1. The van der Waals surface area contributed by atoms with Crippen LogP contribution in [0.4, 0.5) is 10.1 Å². The van der Waals surface area contributed by atoms with Crippen molar-refractivity contribution in [2.75, 3.05) is 25.0 Å². The molecule has 0 radical (unpaired) electrons. The summed E-state index contributed by atoms with van der Waals surface area (Å²) in [6, 6.07) is 4.13. The summed E-state index contributed by atoms with van der Waals surface area (Å²) >= 11 is 0. The highest BCUT2D eigenvalue weighted by molar-refractivity contribution is 6.34. The van der Waals surface area contributed by atoms with Crippen molar-refractivity contribution in [1.82, 2.24) is 21.1 Å². The lowest BCUT2D eigenvalue weighted by Crippen LogP contribution is -2.32. The molecule has 0 bridgehead atoms. The van der Waals surface area contributed by atoms with Gasteiger partial charge in [-0.2, -0.15) is 0 Å². The monoisotopic (exact) mass is 457 g/mol. The van der Waals surface area contributed by atoms with E-state index < -0.39 is 11.7 Å². The van der Waals surface area contributed by atoms with Crippen molar-refractivity contribution in [1.29, 1.82) is 0 Å². The number of amides is 3. The second kappa shape index (κ2) is 10.9. The molecule has 6 N–H and O–H groups in total. The van der Waals surface area contributed by atoms with E-state index in [4.69, 9.17) is 5.21 Å². The first kappa shape index (κ1) is 24.1. The summed E-state index contributed by atoms with van der Waals surface area (Å²) in [6.45, 7) is 5.27. The van der Waals surface area contributed by atoms with Gasteiger partial charge in [0.15, 0.2) is 0 Å². The minimum atomic E-state index is -0.431. The third kappa shape index (κ3) is 5.85. The van der Waals surface area contributed by atoms with E-state index in [9.17, 15) is 18.8 Å². The summed E-state index contributed by atoms with van der Waals surface area (Å²) < 4.78 is 13.7. The number of benzene rings is 1. The van der Waals surface area contributed by atoms with E-state index in [-0.39, 0.29) is 18.2 Å². The third-order valence-electron chi connectivity index (χ3n) is 5.48. The number of carbonyl (C=O) groups excluding carboxylic acids is 3. The molecule has 0 saturated heterocycles. The lowest BCUT2D eigenvalue weighted by atomic mass is 10.0. The predicted octanol–water partition coefficient (Wildman–Crippen LogP) is 2.26. The van der Waals surface area contributed by atoms with Crippen molar-refractivity contribution in [3.05, 3.63) is 52.1 Å². The van der Waals surface area contributed by atoms with Gasteiger partial charge < -0.3 is 20.9 Å². The molecule has 0 saturated carbocycles. The minimum Gasteiger partial charge on any atom is -0.358 e. The normalized spacial score (nSPS) is 13.7. The Morgan fingerprint density at radius 1 is 1.15 bits per heavy atom. The molecule has 33 heavy (non-hydrogen) atoms. The quantitative estimate of drug-likeness (QED) is 0.141. The molecule has 3 rings (SSSR count). The van der Waals surface area contributed by atoms with Crippen LogP contribution in [-0.2, 0) is 9.59 Å². The molecule has 0 atom stereocenters. The molecule has 0 unspecified atom stereocenters. The fourth-order valence-electron chi connectivity index (χ4n) is 3.78. The summed E-state index contributed by atoms with van der Waals surface area (Å²) in [5.74, 6) is -1.38. The van der Waals surface area contributed by atoms with Crippen LogP contribution >= 0.6 is 0 Å². The number of hydrogen-bond acceptors (Lipinski definition) is 5. The van der Waals surface area contributed by atoms with Crippen LogP contribution in [0.3, 0.4) is 0 Å². The number of hydroxylamine groups is 1. The van der Waals surface area contributed by atoms with Gasteiger partial charge in [0.2, 0.25) is 5.91 Å². The Balaban J connectivity index is 1.57. The van der Waals surface area contributed by atoms with Gasteiger partial charge in [0, 0.05) is 42.1 Å². The molecule has 3 amide bonds. The van der Waals surface area contributed by atoms with Gasteiger partial charge in [-0.3, -0.25) is 19.6 Å². The number of halogens is 1. The third-order valence-corrected chi connectivity index (χ3v) is 5.48. The standard InChI is InChI=1S/C23H28FN5O4/c1-13-19(12-17-16-11-15(24)6-7-18(16)28-22(17)31)27-14(2)21(13)23(32)26-10-9-25-8-4-3-5-20(30)29-33/h6-7,11-12,25,27,33H,3-5,8-10H2,1-2H3,(H,26,32)(H,28,31)(H,29,30)/b17-12-. The van der Waals surface area contributed by atoms with Gasteiger partial charge in [0.05, 0.1) is 11.1 Å². The number of aromatic amines is 1. The summed E-state index contributed by atoms with van der Waals surface area (Å²) in [5, 5.41) is 17.2. The molecule has 2 aromatic rings. The number of aryl methyl sites for hydroxylation is 1. The number of rotatable bonds is 10.